The van der Waals surface area contributed by atoms with E-state index in [4.69, 9.17) is 23.2 Å². The molecule has 2 N–H and O–H groups in total. The van der Waals surface area contributed by atoms with Crippen LogP contribution in [0.1, 0.15) is 62.6 Å². The van der Waals surface area contributed by atoms with E-state index in [-0.39, 0.29) is 17.2 Å². The van der Waals surface area contributed by atoms with Crippen molar-refractivity contribution in [1.29, 1.82) is 0 Å². The Labute approximate surface area is 279 Å². The molecule has 2 aliphatic heterocycles. The minimum absolute atomic E-state index is 0.0756. The molecule has 1 atom stereocenters. The zero-order chi connectivity index (χ0) is 34.7. The maximum atomic E-state index is 14.1. The summed E-state index contributed by atoms with van der Waals surface area (Å²) in [5.41, 5.74) is 6.99. The Morgan fingerprint density at radius 2 is 1.43 bits per heavy atom. The monoisotopic (exact) mass is 706 g/mol. The summed E-state index contributed by atoms with van der Waals surface area (Å²) in [6.45, 7) is 6.79. The van der Waals surface area contributed by atoms with Crippen LogP contribution in [0.3, 0.4) is 0 Å². The second-order valence-corrected chi connectivity index (χ2v) is 11.7. The molecule has 0 spiro atoms. The Bertz CT molecular complexity index is 1570. The molecule has 2 aliphatic rings. The molecule has 3 aromatic rings. The Kier molecular flexibility index (Phi) is 14.4. The summed E-state index contributed by atoms with van der Waals surface area (Å²) >= 11 is 11.2. The van der Waals surface area contributed by atoms with Gasteiger partial charge in [-0.2, -0.15) is 13.2 Å². The molecule has 0 amide bonds. The fourth-order valence-corrected chi connectivity index (χ4v) is 5.51. The van der Waals surface area contributed by atoms with Crippen LogP contribution in [0.4, 0.5) is 22.0 Å². The number of fused-ring (bicyclic) bond motifs is 1. The first-order chi connectivity index (χ1) is 22.3. The van der Waals surface area contributed by atoms with Gasteiger partial charge in [-0.25, -0.2) is 13.5 Å². The van der Waals surface area contributed by atoms with Crippen molar-refractivity contribution in [2.24, 2.45) is 0 Å². The number of nitrogens with one attached hydrogen (secondary N) is 2. The molecule has 0 radical (unpaired) electrons. The summed E-state index contributed by atoms with van der Waals surface area (Å²) < 4.78 is 73.3. The summed E-state index contributed by atoms with van der Waals surface area (Å²) in [6.07, 6.45) is 1.91. The van der Waals surface area contributed by atoms with Crippen molar-refractivity contribution in [3.05, 3.63) is 79.7 Å². The number of hydrogen-bond acceptors (Lipinski definition) is 6. The second kappa shape index (κ2) is 17.8. The van der Waals surface area contributed by atoms with Crippen molar-refractivity contribution in [1.82, 2.24) is 20.2 Å². The maximum Gasteiger partial charge on any atom is 0.451 e. The zero-order valence-corrected chi connectivity index (χ0v) is 27.5. The molecule has 1 saturated heterocycles. The topological polar surface area (TPSA) is 94.4 Å². The predicted octanol–water partition coefficient (Wildman–Crippen LogP) is 7.12. The van der Waals surface area contributed by atoms with E-state index in [0.29, 0.717) is 28.8 Å². The predicted molar refractivity (Wildman–Crippen MR) is 169 cm³/mol. The molecule has 8 nitrogen and oxygen atoms in total. The number of aromatic nitrogens is 2. The van der Waals surface area contributed by atoms with Crippen molar-refractivity contribution >= 4 is 35.0 Å². The number of ether oxygens (including phenoxy) is 1. The summed E-state index contributed by atoms with van der Waals surface area (Å²) in [4.78, 5) is 35.4. The third-order valence-corrected chi connectivity index (χ3v) is 7.97. The number of benzene rings is 2. The smallest absolute Gasteiger partial charge is 0.451 e. The Hall–Kier alpha value is -3.26. The molecule has 47 heavy (non-hydrogen) atoms. The molecule has 15 heteroatoms. The molecule has 0 saturated carbocycles. The lowest BCUT2D eigenvalue weighted by Crippen LogP contribution is -2.35. The average Bonchev–Trinajstić information content (AvgIpc) is 3.35. The van der Waals surface area contributed by atoms with Gasteiger partial charge in [0.05, 0.1) is 12.2 Å². The fraction of sp³-hybridized carbons (Fsp3) is 0.469. The number of nitrogens with zero attached hydrogens (tertiary/aromatic N) is 2. The Morgan fingerprint density at radius 1 is 0.872 bits per heavy atom. The standard InChI is InChI=1S/C15H16ClFN2O.C12H9ClF4O3.C5H12N2/c1-10-14(12-6-5-11(16)9-13(12)17)15(20)19-8-4-2-3-7-18(10)19;1-2-20-11(19)9(10(18)12(15,16)17)7-4-3-6(13)5-8(7)14;1-2-4-6-7-5-3-1/h5-6,9H,2-4,7-8H2,1H3;3-5,9H,2H2,1H3;6-7H,1-5H2. The lowest BCUT2D eigenvalue weighted by molar-refractivity contribution is -0.177. The first kappa shape index (κ1) is 38.2. The Balaban J connectivity index is 0.000000212. The van der Waals surface area contributed by atoms with Crippen molar-refractivity contribution < 1.29 is 36.3 Å². The van der Waals surface area contributed by atoms with Gasteiger partial charge in [-0.3, -0.25) is 29.9 Å². The lowest BCUT2D eigenvalue weighted by atomic mass is 9.94. The molecule has 0 aliphatic carbocycles. The highest BCUT2D eigenvalue weighted by atomic mass is 35.5. The van der Waals surface area contributed by atoms with Gasteiger partial charge in [0.25, 0.3) is 11.3 Å². The molecule has 1 aromatic heterocycles. The van der Waals surface area contributed by atoms with Crippen molar-refractivity contribution in [3.8, 4) is 11.1 Å². The number of halogens is 7. The second-order valence-electron chi connectivity index (χ2n) is 10.8. The van der Waals surface area contributed by atoms with Crippen LogP contribution in [0, 0.1) is 18.6 Å². The lowest BCUT2D eigenvalue weighted by Gasteiger charge is -2.17. The largest absolute Gasteiger partial charge is 0.465 e. The third kappa shape index (κ3) is 10.4. The van der Waals surface area contributed by atoms with E-state index in [1.54, 1.807) is 16.8 Å². The number of rotatable bonds is 5. The van der Waals surface area contributed by atoms with E-state index in [0.717, 1.165) is 56.7 Å². The van der Waals surface area contributed by atoms with Gasteiger partial charge < -0.3 is 4.74 Å². The minimum Gasteiger partial charge on any atom is -0.465 e. The molecule has 0 bridgehead atoms. The van der Waals surface area contributed by atoms with Crippen molar-refractivity contribution in [3.63, 3.8) is 0 Å². The SMILES string of the molecule is C1CCNNCC1.CCOC(=O)C(C(=O)C(F)(F)F)c1ccc(Cl)cc1F.Cc1c(-c2ccc(Cl)cc2F)c(=O)n2n1CCCCC2. The number of hydrazine groups is 1. The van der Waals surface area contributed by atoms with E-state index < -0.39 is 41.0 Å². The van der Waals surface area contributed by atoms with Crippen LogP contribution in [0.25, 0.3) is 11.1 Å². The van der Waals surface area contributed by atoms with Crippen LogP contribution >= 0.6 is 23.2 Å². The highest BCUT2D eigenvalue weighted by molar-refractivity contribution is 6.31. The summed E-state index contributed by atoms with van der Waals surface area (Å²) in [6, 6.07) is 7.10. The van der Waals surface area contributed by atoms with Crippen LogP contribution in [0.5, 0.6) is 0 Å². The third-order valence-electron chi connectivity index (χ3n) is 7.49. The van der Waals surface area contributed by atoms with Gasteiger partial charge in [-0.1, -0.05) is 35.7 Å². The first-order valence-corrected chi connectivity index (χ1v) is 16.0. The molecule has 1 fully saturated rings. The normalized spacial score (nSPS) is 15.4. The van der Waals surface area contributed by atoms with Gasteiger partial charge in [0, 0.05) is 53.0 Å². The van der Waals surface area contributed by atoms with E-state index >= 15 is 0 Å². The summed E-state index contributed by atoms with van der Waals surface area (Å²) in [5.74, 6) is -7.88. The van der Waals surface area contributed by atoms with Gasteiger partial charge >= 0.3 is 12.1 Å². The zero-order valence-electron chi connectivity index (χ0n) is 26.0. The number of ketones is 1. The van der Waals surface area contributed by atoms with Gasteiger partial charge in [-0.05, 0) is 76.3 Å². The quantitative estimate of drug-likeness (QED) is 0.167. The number of hydrogen-bond donors (Lipinski definition) is 2. The minimum atomic E-state index is -5.29. The number of carbonyl (C=O) groups is 2. The summed E-state index contributed by atoms with van der Waals surface area (Å²) in [5, 5.41) is 0.262. The molecule has 258 valence electrons. The number of Topliss-reactive ketones (excluding diaryl/α,β-unsaturated/α-hetero) is 1. The molecular weight excluding hydrogens is 670 g/mol. The van der Waals surface area contributed by atoms with Gasteiger partial charge in [0.15, 0.2) is 5.92 Å². The van der Waals surface area contributed by atoms with Crippen LogP contribution < -0.4 is 16.4 Å². The van der Waals surface area contributed by atoms with Gasteiger partial charge in [-0.15, -0.1) is 0 Å². The highest BCUT2D eigenvalue weighted by Crippen LogP contribution is 2.31. The molecule has 1 unspecified atom stereocenters. The molecule has 3 heterocycles. The van der Waals surface area contributed by atoms with Crippen LogP contribution in [0.15, 0.2) is 41.2 Å². The van der Waals surface area contributed by atoms with E-state index in [2.05, 4.69) is 15.6 Å². The van der Waals surface area contributed by atoms with Crippen LogP contribution in [-0.4, -0.2) is 47.0 Å². The number of carbonyl (C=O) groups excluding carboxylic acids is 2. The Morgan fingerprint density at radius 3 is 1.98 bits per heavy atom. The molecule has 5 rings (SSSR count). The van der Waals surface area contributed by atoms with E-state index in [1.165, 1.54) is 32.3 Å². The fourth-order valence-electron chi connectivity index (χ4n) is 5.20. The maximum absolute atomic E-state index is 14.1. The number of alkyl halides is 3. The average molecular weight is 708 g/mol. The van der Waals surface area contributed by atoms with Gasteiger partial charge in [0.1, 0.15) is 11.6 Å². The van der Waals surface area contributed by atoms with E-state index in [9.17, 15) is 36.3 Å². The first-order valence-electron chi connectivity index (χ1n) is 15.2. The van der Waals surface area contributed by atoms with Crippen molar-refractivity contribution in [2.45, 2.75) is 77.6 Å². The summed E-state index contributed by atoms with van der Waals surface area (Å²) in [7, 11) is 0. The van der Waals surface area contributed by atoms with Gasteiger partial charge in [0.2, 0.25) is 0 Å². The van der Waals surface area contributed by atoms with E-state index in [1.807, 2.05) is 11.6 Å². The number of esters is 1. The highest BCUT2D eigenvalue weighted by Gasteiger charge is 2.48. The van der Waals surface area contributed by atoms with Crippen molar-refractivity contribution in [2.75, 3.05) is 19.7 Å². The molecular formula is C32H37Cl2F5N4O4. The van der Waals surface area contributed by atoms with Crippen LogP contribution in [-0.2, 0) is 27.4 Å². The molecule has 2 aromatic carbocycles. The van der Waals surface area contributed by atoms with Crippen LogP contribution in [0.2, 0.25) is 10.0 Å².